The second-order valence-corrected chi connectivity index (χ2v) is 5.29. The molecule has 1 aromatic heterocycles. The van der Waals surface area contributed by atoms with Crippen LogP contribution >= 0.6 is 11.3 Å². The van der Waals surface area contributed by atoms with E-state index in [1.54, 1.807) is 18.4 Å². The molecule has 1 fully saturated rings. The summed E-state index contributed by atoms with van der Waals surface area (Å²) in [7, 11) is 1.78. The van der Waals surface area contributed by atoms with Crippen molar-refractivity contribution in [1.82, 2.24) is 5.32 Å². The van der Waals surface area contributed by atoms with Gasteiger partial charge in [-0.05, 0) is 31.4 Å². The van der Waals surface area contributed by atoms with E-state index in [1.807, 2.05) is 12.1 Å². The molecule has 1 aromatic rings. The van der Waals surface area contributed by atoms with Crippen molar-refractivity contribution in [3.05, 3.63) is 21.9 Å². The molecule has 2 rings (SSSR count). The molecule has 2 atom stereocenters. The van der Waals surface area contributed by atoms with E-state index in [0.717, 1.165) is 24.3 Å². The minimum atomic E-state index is 0.426. The van der Waals surface area contributed by atoms with E-state index in [-0.39, 0.29) is 0 Å². The minimum Gasteiger partial charge on any atom is -0.381 e. The van der Waals surface area contributed by atoms with Crippen molar-refractivity contribution < 1.29 is 4.74 Å². The normalized spacial score (nSPS) is 24.5. The molecule has 1 aliphatic carbocycles. The van der Waals surface area contributed by atoms with Gasteiger partial charge < -0.3 is 10.1 Å². The van der Waals surface area contributed by atoms with Crippen LogP contribution in [0.3, 0.4) is 0 Å². The van der Waals surface area contributed by atoms with E-state index in [9.17, 15) is 0 Å². The first-order chi connectivity index (χ1) is 7.81. The highest BCUT2D eigenvalue weighted by Crippen LogP contribution is 2.22. The van der Waals surface area contributed by atoms with Crippen LogP contribution in [0.15, 0.2) is 12.1 Å². The molecule has 1 heterocycles. The summed E-state index contributed by atoms with van der Waals surface area (Å²) in [5.74, 6) is 0. The highest BCUT2D eigenvalue weighted by atomic mass is 32.1. The smallest absolute Gasteiger partial charge is 0.110 e. The van der Waals surface area contributed by atoms with Crippen LogP contribution in [-0.2, 0) is 11.3 Å². The predicted octanol–water partition coefficient (Wildman–Crippen LogP) is 2.28. The van der Waals surface area contributed by atoms with Gasteiger partial charge in [-0.3, -0.25) is 0 Å². The van der Waals surface area contributed by atoms with E-state index in [0.29, 0.717) is 12.1 Å². The molecule has 0 spiro atoms. The van der Waals surface area contributed by atoms with E-state index >= 15 is 0 Å². The van der Waals surface area contributed by atoms with Crippen molar-refractivity contribution in [3.63, 3.8) is 0 Å². The molecule has 0 bridgehead atoms. The Kier molecular flexibility index (Phi) is 3.94. The largest absolute Gasteiger partial charge is 0.381 e. The lowest BCUT2D eigenvalue weighted by Gasteiger charge is -2.11. The molecular weight excluding hydrogens is 220 g/mol. The van der Waals surface area contributed by atoms with Crippen LogP contribution in [0.25, 0.3) is 0 Å². The summed E-state index contributed by atoms with van der Waals surface area (Å²) < 4.78 is 5.33. The Labute approximate surface area is 100 Å². The fourth-order valence-electron chi connectivity index (χ4n) is 2.12. The Hall–Kier alpha value is -0.890. The van der Waals surface area contributed by atoms with Crippen LogP contribution in [0.4, 0.5) is 0 Å². The molecule has 3 nitrogen and oxygen atoms in total. The van der Waals surface area contributed by atoms with Crippen molar-refractivity contribution in [2.75, 3.05) is 7.11 Å². The quantitative estimate of drug-likeness (QED) is 0.872. The second kappa shape index (κ2) is 5.44. The summed E-state index contributed by atoms with van der Waals surface area (Å²) in [6.07, 6.45) is 3.87. The van der Waals surface area contributed by atoms with E-state index in [1.165, 1.54) is 11.3 Å². The van der Waals surface area contributed by atoms with Gasteiger partial charge in [0.2, 0.25) is 0 Å². The Morgan fingerprint density at radius 3 is 3.06 bits per heavy atom. The van der Waals surface area contributed by atoms with Gasteiger partial charge in [0.15, 0.2) is 0 Å². The standard InChI is InChI=1S/C12H16N2OS/c1-15-10-3-2-9(6-10)14-8-12-5-4-11(7-13)16-12/h4-5,9-10,14H,2-3,6,8H2,1H3. The molecule has 0 amide bonds. The molecule has 0 radical (unpaired) electrons. The second-order valence-electron chi connectivity index (χ2n) is 4.13. The maximum Gasteiger partial charge on any atom is 0.110 e. The molecule has 0 aromatic carbocycles. The fraction of sp³-hybridized carbons (Fsp3) is 0.583. The molecule has 86 valence electrons. The first kappa shape index (κ1) is 11.6. The van der Waals surface area contributed by atoms with Crippen molar-refractivity contribution >= 4 is 11.3 Å². The van der Waals surface area contributed by atoms with Crippen molar-refractivity contribution in [1.29, 1.82) is 5.26 Å². The topological polar surface area (TPSA) is 45.0 Å². The SMILES string of the molecule is COC1CCC(NCc2ccc(C#N)s2)C1. The summed E-state index contributed by atoms with van der Waals surface area (Å²) in [6, 6.07) is 6.64. The third-order valence-corrected chi connectivity index (χ3v) is 4.04. The first-order valence-corrected chi connectivity index (χ1v) is 6.38. The summed E-state index contributed by atoms with van der Waals surface area (Å²) in [5.41, 5.74) is 0. The third-order valence-electron chi connectivity index (χ3n) is 3.05. The molecule has 1 N–H and O–H groups in total. The number of nitrogens with one attached hydrogen (secondary N) is 1. The lowest BCUT2D eigenvalue weighted by atomic mass is 10.2. The zero-order valence-electron chi connectivity index (χ0n) is 9.40. The van der Waals surface area contributed by atoms with Crippen LogP contribution in [0, 0.1) is 11.3 Å². The lowest BCUT2D eigenvalue weighted by Crippen LogP contribution is -2.26. The van der Waals surface area contributed by atoms with Gasteiger partial charge in [0, 0.05) is 24.6 Å². The number of nitrogens with zero attached hydrogens (tertiary/aromatic N) is 1. The van der Waals surface area contributed by atoms with Crippen molar-refractivity contribution in [3.8, 4) is 6.07 Å². The highest BCUT2D eigenvalue weighted by molar-refractivity contribution is 7.12. The van der Waals surface area contributed by atoms with Gasteiger partial charge in [-0.2, -0.15) is 5.26 Å². The number of nitriles is 1. The molecule has 2 unspecified atom stereocenters. The summed E-state index contributed by atoms with van der Waals surface area (Å²) in [6.45, 7) is 0.868. The van der Waals surface area contributed by atoms with Crippen LogP contribution in [0.5, 0.6) is 0 Å². The maximum atomic E-state index is 8.72. The molecule has 4 heteroatoms. The predicted molar refractivity (Wildman–Crippen MR) is 64.3 cm³/mol. The third kappa shape index (κ3) is 2.82. The average molecular weight is 236 g/mol. The molecule has 0 saturated heterocycles. The Morgan fingerprint density at radius 2 is 2.44 bits per heavy atom. The highest BCUT2D eigenvalue weighted by Gasteiger charge is 2.23. The van der Waals surface area contributed by atoms with Gasteiger partial charge in [0.1, 0.15) is 10.9 Å². The zero-order chi connectivity index (χ0) is 11.4. The van der Waals surface area contributed by atoms with Crippen LogP contribution < -0.4 is 5.32 Å². The van der Waals surface area contributed by atoms with E-state index in [2.05, 4.69) is 11.4 Å². The Balaban J connectivity index is 1.78. The van der Waals surface area contributed by atoms with Crippen LogP contribution in [0.1, 0.15) is 29.0 Å². The zero-order valence-corrected chi connectivity index (χ0v) is 10.2. The monoisotopic (exact) mass is 236 g/mol. The van der Waals surface area contributed by atoms with Gasteiger partial charge in [-0.25, -0.2) is 0 Å². The first-order valence-electron chi connectivity index (χ1n) is 5.57. The minimum absolute atomic E-state index is 0.426. The van der Waals surface area contributed by atoms with E-state index < -0.39 is 0 Å². The number of rotatable bonds is 4. The van der Waals surface area contributed by atoms with Gasteiger partial charge in [-0.15, -0.1) is 11.3 Å². The number of hydrogen-bond acceptors (Lipinski definition) is 4. The van der Waals surface area contributed by atoms with E-state index in [4.69, 9.17) is 10.00 Å². The number of hydrogen-bond donors (Lipinski definition) is 1. The number of thiophene rings is 1. The van der Waals surface area contributed by atoms with Crippen LogP contribution in [-0.4, -0.2) is 19.3 Å². The van der Waals surface area contributed by atoms with Gasteiger partial charge in [-0.1, -0.05) is 0 Å². The van der Waals surface area contributed by atoms with Gasteiger partial charge in [0.25, 0.3) is 0 Å². The number of ether oxygens (including phenoxy) is 1. The summed E-state index contributed by atoms with van der Waals surface area (Å²) in [5, 5.41) is 12.2. The molecule has 0 aliphatic heterocycles. The summed E-state index contributed by atoms with van der Waals surface area (Å²) in [4.78, 5) is 2.02. The van der Waals surface area contributed by atoms with Crippen molar-refractivity contribution in [2.24, 2.45) is 0 Å². The number of methoxy groups -OCH3 is 1. The Morgan fingerprint density at radius 1 is 1.56 bits per heavy atom. The molecule has 1 aliphatic rings. The average Bonchev–Trinajstić information content (AvgIpc) is 2.95. The van der Waals surface area contributed by atoms with Crippen LogP contribution in [0.2, 0.25) is 0 Å². The molecule has 1 saturated carbocycles. The maximum absolute atomic E-state index is 8.72. The van der Waals surface area contributed by atoms with Gasteiger partial charge in [0.05, 0.1) is 6.10 Å². The fourth-order valence-corrected chi connectivity index (χ4v) is 2.87. The molecular formula is C12H16N2OS. The van der Waals surface area contributed by atoms with Gasteiger partial charge >= 0.3 is 0 Å². The van der Waals surface area contributed by atoms with Crippen molar-refractivity contribution in [2.45, 2.75) is 38.0 Å². The lowest BCUT2D eigenvalue weighted by molar-refractivity contribution is 0.107. The molecule has 16 heavy (non-hydrogen) atoms. The Bertz CT molecular complexity index is 383. The summed E-state index contributed by atoms with van der Waals surface area (Å²) >= 11 is 1.57.